The van der Waals surface area contributed by atoms with Crippen LogP contribution in [0.1, 0.15) is 23.5 Å². The highest BCUT2D eigenvalue weighted by Gasteiger charge is 2.40. The van der Waals surface area contributed by atoms with E-state index >= 15 is 0 Å². The highest BCUT2D eigenvalue weighted by Crippen LogP contribution is 2.50. The summed E-state index contributed by atoms with van der Waals surface area (Å²) in [7, 11) is 4.16. The maximum atomic E-state index is 6.60. The number of likely N-dealkylation sites (tertiary alicyclic amines) is 1. The molecule has 0 radical (unpaired) electrons. The highest BCUT2D eigenvalue weighted by molar-refractivity contribution is 8.00. The van der Waals surface area contributed by atoms with Gasteiger partial charge in [0, 0.05) is 42.1 Å². The molecular weight excluding hydrogens is 396 g/mol. The van der Waals surface area contributed by atoms with Crippen molar-refractivity contribution in [3.05, 3.63) is 46.6 Å². The van der Waals surface area contributed by atoms with Gasteiger partial charge in [-0.15, -0.1) is 11.8 Å². The number of hydrogen-bond acceptors (Lipinski definition) is 6. The number of hydrogen-bond donors (Lipinski definition) is 0. The second-order valence-corrected chi connectivity index (χ2v) is 10.1. The van der Waals surface area contributed by atoms with Gasteiger partial charge in [0.05, 0.1) is 0 Å². The number of halogens is 1. The number of aromatic nitrogens is 2. The molecule has 27 heavy (non-hydrogen) atoms. The molecule has 144 valence electrons. The predicted molar refractivity (Wildman–Crippen MR) is 115 cm³/mol. The van der Waals surface area contributed by atoms with Gasteiger partial charge in [0.15, 0.2) is 5.16 Å². The first-order valence-electron chi connectivity index (χ1n) is 9.38. The van der Waals surface area contributed by atoms with Gasteiger partial charge < -0.3 is 4.90 Å². The quantitative estimate of drug-likeness (QED) is 0.394. The van der Waals surface area contributed by atoms with Crippen LogP contribution in [0.4, 0.5) is 0 Å². The van der Waals surface area contributed by atoms with Gasteiger partial charge in [0.25, 0.3) is 0 Å². The van der Waals surface area contributed by atoms with E-state index in [4.69, 9.17) is 16.6 Å². The van der Waals surface area contributed by atoms with Crippen molar-refractivity contribution < 1.29 is 0 Å². The molecule has 2 atom stereocenters. The van der Waals surface area contributed by atoms with Gasteiger partial charge >= 0.3 is 0 Å². The first kappa shape index (κ1) is 19.5. The fourth-order valence-electron chi connectivity index (χ4n) is 3.75. The molecule has 4 rings (SSSR count). The number of rotatable bonds is 6. The summed E-state index contributed by atoms with van der Waals surface area (Å²) in [5.74, 6) is 1.47. The van der Waals surface area contributed by atoms with Gasteiger partial charge in [0.2, 0.25) is 0 Å². The molecule has 7 heteroatoms. The van der Waals surface area contributed by atoms with Crippen LogP contribution in [0.5, 0.6) is 0 Å². The second kappa shape index (κ2) is 8.70. The first-order valence-corrected chi connectivity index (χ1v) is 11.6. The van der Waals surface area contributed by atoms with Gasteiger partial charge in [0.1, 0.15) is 10.2 Å². The maximum Gasteiger partial charge on any atom is 0.190 e. The summed E-state index contributed by atoms with van der Waals surface area (Å²) in [5.41, 5.74) is 2.58. The van der Waals surface area contributed by atoms with Crippen LogP contribution in [0.25, 0.3) is 0 Å². The van der Waals surface area contributed by atoms with Crippen LogP contribution in [0.2, 0.25) is 5.15 Å². The summed E-state index contributed by atoms with van der Waals surface area (Å²) in [6.07, 6.45) is 1.13. The van der Waals surface area contributed by atoms with Crippen molar-refractivity contribution in [3.8, 4) is 0 Å². The lowest BCUT2D eigenvalue weighted by Crippen LogP contribution is -2.39. The number of fused-ring (bicyclic) bond motifs is 3. The Morgan fingerprint density at radius 1 is 1.26 bits per heavy atom. The smallest absolute Gasteiger partial charge is 0.190 e. The second-order valence-electron chi connectivity index (χ2n) is 7.44. The minimum absolute atomic E-state index is 0.491. The molecule has 1 fully saturated rings. The monoisotopic (exact) mass is 420 g/mol. The topological polar surface area (TPSA) is 32.3 Å². The summed E-state index contributed by atoms with van der Waals surface area (Å²) in [6, 6.07) is 10.7. The predicted octanol–water partition coefficient (Wildman–Crippen LogP) is 4.25. The van der Waals surface area contributed by atoms with E-state index in [-0.39, 0.29) is 0 Å². The molecular formula is C20H25ClN4S2. The minimum Gasteiger partial charge on any atom is -0.309 e. The lowest BCUT2D eigenvalue weighted by Gasteiger charge is -2.34. The molecule has 2 aliphatic heterocycles. The van der Waals surface area contributed by atoms with E-state index < -0.39 is 0 Å². The average molecular weight is 421 g/mol. The van der Waals surface area contributed by atoms with Gasteiger partial charge in [-0.3, -0.25) is 4.90 Å². The zero-order valence-electron chi connectivity index (χ0n) is 15.8. The van der Waals surface area contributed by atoms with Crippen LogP contribution in [0.3, 0.4) is 0 Å². The molecule has 1 saturated heterocycles. The summed E-state index contributed by atoms with van der Waals surface area (Å²) in [5, 5.41) is 3.13. The number of benzene rings is 1. The third-order valence-corrected chi connectivity index (χ3v) is 7.57. The number of nitrogens with zero attached hydrogens (tertiary/aromatic N) is 4. The Labute approximate surface area is 175 Å². The van der Waals surface area contributed by atoms with Crippen molar-refractivity contribution in [2.24, 2.45) is 0 Å². The first-order chi connectivity index (χ1) is 13.1. The third kappa shape index (κ3) is 4.62. The van der Waals surface area contributed by atoms with Crippen molar-refractivity contribution in [1.82, 2.24) is 19.8 Å². The largest absolute Gasteiger partial charge is 0.309 e. The fraction of sp³-hybridized carbons (Fsp3) is 0.500. The zero-order valence-corrected chi connectivity index (χ0v) is 18.2. The van der Waals surface area contributed by atoms with E-state index in [0.717, 1.165) is 48.5 Å². The Balaban J connectivity index is 1.43. The van der Waals surface area contributed by atoms with E-state index in [9.17, 15) is 0 Å². The summed E-state index contributed by atoms with van der Waals surface area (Å²) >= 11 is 10.2. The molecule has 0 amide bonds. The Hall–Kier alpha value is -0.790. The van der Waals surface area contributed by atoms with E-state index in [1.807, 2.05) is 11.8 Å². The van der Waals surface area contributed by atoms with Gasteiger partial charge in [-0.05, 0) is 32.6 Å². The van der Waals surface area contributed by atoms with Gasteiger partial charge in [-0.2, -0.15) is 0 Å². The van der Waals surface area contributed by atoms with Crippen LogP contribution in [-0.2, 0) is 6.54 Å². The normalized spacial score (nSPS) is 22.1. The molecule has 0 saturated carbocycles. The van der Waals surface area contributed by atoms with E-state index in [1.165, 1.54) is 11.1 Å². The van der Waals surface area contributed by atoms with Crippen LogP contribution in [0.15, 0.2) is 40.5 Å². The van der Waals surface area contributed by atoms with E-state index in [0.29, 0.717) is 16.3 Å². The van der Waals surface area contributed by atoms with Gasteiger partial charge in [-0.25, -0.2) is 9.97 Å². The standard InChI is InChI=1S/C20H25ClN4S2/c1-24(2)10-11-26-20-22-18(21)17-15-8-9-25(12-14-6-4-3-5-7-14)13-16(15)27-19(17)23-20/h3-7,15-16H,8-13H2,1-2H3. The van der Waals surface area contributed by atoms with Crippen LogP contribution < -0.4 is 0 Å². The lowest BCUT2D eigenvalue weighted by atomic mass is 9.91. The summed E-state index contributed by atoms with van der Waals surface area (Å²) in [6.45, 7) is 4.22. The molecule has 4 nitrogen and oxygen atoms in total. The Bertz CT molecular complexity index is 787. The molecule has 0 aliphatic carbocycles. The Kier molecular flexibility index (Phi) is 6.29. The molecule has 0 spiro atoms. The van der Waals surface area contributed by atoms with Crippen molar-refractivity contribution in [3.63, 3.8) is 0 Å². The molecule has 2 aliphatic rings. The van der Waals surface area contributed by atoms with E-state index in [1.54, 1.807) is 11.8 Å². The zero-order chi connectivity index (χ0) is 18.8. The molecule has 2 unspecified atom stereocenters. The number of piperidine rings is 1. The maximum absolute atomic E-state index is 6.60. The molecule has 3 heterocycles. The van der Waals surface area contributed by atoms with E-state index in [2.05, 4.69) is 59.2 Å². The molecule has 1 aromatic carbocycles. The molecule has 1 aromatic heterocycles. The highest BCUT2D eigenvalue weighted by atomic mass is 35.5. The molecule has 0 N–H and O–H groups in total. The van der Waals surface area contributed by atoms with Crippen molar-refractivity contribution >= 4 is 35.1 Å². The Morgan fingerprint density at radius 2 is 2.07 bits per heavy atom. The van der Waals surface area contributed by atoms with Crippen LogP contribution in [0, 0.1) is 0 Å². The third-order valence-electron chi connectivity index (χ3n) is 5.14. The van der Waals surface area contributed by atoms with Crippen molar-refractivity contribution in [1.29, 1.82) is 0 Å². The van der Waals surface area contributed by atoms with Crippen molar-refractivity contribution in [2.75, 3.05) is 39.5 Å². The summed E-state index contributed by atoms with van der Waals surface area (Å²) < 4.78 is 0. The van der Waals surface area contributed by atoms with Crippen LogP contribution in [-0.4, -0.2) is 64.5 Å². The minimum atomic E-state index is 0.491. The van der Waals surface area contributed by atoms with Crippen LogP contribution >= 0.6 is 35.1 Å². The van der Waals surface area contributed by atoms with Crippen molar-refractivity contribution in [2.45, 2.75) is 34.3 Å². The summed E-state index contributed by atoms with van der Waals surface area (Å²) in [4.78, 5) is 14.2. The SMILES string of the molecule is CN(C)CCSc1nc(Cl)c2c(n1)SC1CN(Cc3ccccc3)CCC21. The lowest BCUT2D eigenvalue weighted by molar-refractivity contribution is 0.212. The molecule has 2 aromatic rings. The number of thioether (sulfide) groups is 2. The Morgan fingerprint density at radius 3 is 2.85 bits per heavy atom. The average Bonchev–Trinajstić information content (AvgIpc) is 3.00. The molecule has 0 bridgehead atoms. The van der Waals surface area contributed by atoms with Gasteiger partial charge in [-0.1, -0.05) is 53.7 Å². The fourth-order valence-corrected chi connectivity index (χ4v) is 6.70.